The van der Waals surface area contributed by atoms with E-state index in [1.165, 1.54) is 24.3 Å². The van der Waals surface area contributed by atoms with Crippen LogP contribution in [0.2, 0.25) is 0 Å². The average Bonchev–Trinajstić information content (AvgIpc) is 3.32. The minimum absolute atomic E-state index is 0.330. The normalized spacial score (nSPS) is 22.4. The van der Waals surface area contributed by atoms with E-state index in [0.717, 1.165) is 21.9 Å². The van der Waals surface area contributed by atoms with Crippen molar-refractivity contribution in [2.75, 3.05) is 16.6 Å². The molecule has 7 heteroatoms. The van der Waals surface area contributed by atoms with Gasteiger partial charge in [-0.3, -0.25) is 14.4 Å². The number of nitrogens with zero attached hydrogens (tertiary/aromatic N) is 2. The zero-order valence-corrected chi connectivity index (χ0v) is 17.4. The van der Waals surface area contributed by atoms with Crippen LogP contribution >= 0.6 is 0 Å². The number of amides is 2. The first-order valence-electron chi connectivity index (χ1n) is 10.5. The summed E-state index contributed by atoms with van der Waals surface area (Å²) in [6, 6.07) is 21.6. The van der Waals surface area contributed by atoms with Crippen molar-refractivity contribution in [2.45, 2.75) is 19.1 Å². The van der Waals surface area contributed by atoms with Gasteiger partial charge < -0.3 is 4.74 Å². The Morgan fingerprint density at radius 3 is 2.22 bits per heavy atom. The number of imide groups is 1. The summed E-state index contributed by atoms with van der Waals surface area (Å²) in [4.78, 5) is 33.9. The Hall–Kier alpha value is -3.71. The first-order valence-corrected chi connectivity index (χ1v) is 10.5. The molecule has 2 amide bonds. The number of carbonyl (C=O) groups excluding carboxylic acids is 2. The van der Waals surface area contributed by atoms with Crippen molar-refractivity contribution in [3.63, 3.8) is 0 Å². The predicted octanol–water partition coefficient (Wildman–Crippen LogP) is 4.28. The molecule has 2 aliphatic heterocycles. The van der Waals surface area contributed by atoms with Crippen molar-refractivity contribution in [1.82, 2.24) is 0 Å². The number of rotatable bonds is 5. The number of anilines is 2. The van der Waals surface area contributed by atoms with Gasteiger partial charge in [-0.25, -0.2) is 14.4 Å². The number of hydrogen-bond acceptors (Lipinski definition) is 5. The molecule has 0 spiro atoms. The quantitative estimate of drug-likeness (QED) is 0.564. The van der Waals surface area contributed by atoms with Gasteiger partial charge in [0.15, 0.2) is 6.10 Å². The second kappa shape index (κ2) is 8.09. The van der Waals surface area contributed by atoms with Gasteiger partial charge in [0.05, 0.1) is 24.0 Å². The first-order chi connectivity index (χ1) is 15.6. The monoisotopic (exact) mass is 432 g/mol. The smallest absolute Gasteiger partial charge is 0.266 e. The minimum Gasteiger partial charge on any atom is -0.494 e. The number of benzene rings is 3. The Bertz CT molecular complexity index is 1130. The highest BCUT2D eigenvalue weighted by molar-refractivity contribution is 6.23. The molecule has 32 heavy (non-hydrogen) atoms. The van der Waals surface area contributed by atoms with Gasteiger partial charge in [-0.2, -0.15) is 0 Å². The largest absolute Gasteiger partial charge is 0.494 e. The van der Waals surface area contributed by atoms with Gasteiger partial charge in [0, 0.05) is 0 Å². The van der Waals surface area contributed by atoms with E-state index in [9.17, 15) is 14.0 Å². The maximum atomic E-state index is 13.5. The van der Waals surface area contributed by atoms with Crippen LogP contribution in [0.25, 0.3) is 0 Å². The lowest BCUT2D eigenvalue weighted by Crippen LogP contribution is -2.37. The van der Waals surface area contributed by atoms with E-state index in [1.54, 1.807) is 5.06 Å². The molecule has 2 fully saturated rings. The summed E-state index contributed by atoms with van der Waals surface area (Å²) in [5, 5.41) is 1.64. The number of para-hydroxylation sites is 1. The van der Waals surface area contributed by atoms with Crippen LogP contribution in [0.3, 0.4) is 0 Å². The zero-order chi connectivity index (χ0) is 22.2. The maximum absolute atomic E-state index is 13.5. The molecular weight excluding hydrogens is 411 g/mol. The van der Waals surface area contributed by atoms with Gasteiger partial charge in [-0.05, 0) is 61.0 Å². The molecule has 2 saturated heterocycles. The topological polar surface area (TPSA) is 59.1 Å². The fourth-order valence-electron chi connectivity index (χ4n) is 4.32. The van der Waals surface area contributed by atoms with Crippen molar-refractivity contribution in [1.29, 1.82) is 0 Å². The summed E-state index contributed by atoms with van der Waals surface area (Å²) in [6.45, 7) is 2.46. The zero-order valence-electron chi connectivity index (χ0n) is 17.4. The standard InChI is InChI=1S/C25H21FN2O4/c1-2-31-20-14-8-16(9-15-20)22-21-23(32-28(22)19-6-4-3-5-7-19)25(30)27(24(21)29)18-12-10-17(26)11-13-18/h3-15,21-23H,2H2,1H3/t21-,22+,23-/m0/s1. The second-order valence-corrected chi connectivity index (χ2v) is 7.65. The Morgan fingerprint density at radius 2 is 1.56 bits per heavy atom. The van der Waals surface area contributed by atoms with Gasteiger partial charge >= 0.3 is 0 Å². The van der Waals surface area contributed by atoms with Crippen LogP contribution in [0.1, 0.15) is 18.5 Å². The van der Waals surface area contributed by atoms with Gasteiger partial charge in [-0.1, -0.05) is 30.3 Å². The van der Waals surface area contributed by atoms with Crippen molar-refractivity contribution in [3.05, 3.63) is 90.2 Å². The predicted molar refractivity (Wildman–Crippen MR) is 117 cm³/mol. The van der Waals surface area contributed by atoms with Crippen LogP contribution < -0.4 is 14.7 Å². The van der Waals surface area contributed by atoms with E-state index in [0.29, 0.717) is 12.3 Å². The Morgan fingerprint density at radius 1 is 0.875 bits per heavy atom. The fourth-order valence-corrected chi connectivity index (χ4v) is 4.32. The number of fused-ring (bicyclic) bond motifs is 1. The SMILES string of the molecule is CCOc1ccc([C@@H]2[C@@H]3C(=O)N(c4ccc(F)cc4)C(=O)[C@H]3ON2c2ccccc2)cc1. The molecular formula is C25H21FN2O4. The van der Waals surface area contributed by atoms with Crippen LogP contribution in [0.15, 0.2) is 78.9 Å². The summed E-state index contributed by atoms with van der Waals surface area (Å²) < 4.78 is 18.9. The Labute approximate surface area is 184 Å². The molecule has 0 saturated carbocycles. The molecule has 0 radical (unpaired) electrons. The second-order valence-electron chi connectivity index (χ2n) is 7.65. The minimum atomic E-state index is -0.968. The molecule has 0 aliphatic carbocycles. The van der Waals surface area contributed by atoms with Crippen LogP contribution in [-0.4, -0.2) is 24.5 Å². The van der Waals surface area contributed by atoms with E-state index in [-0.39, 0.29) is 5.91 Å². The van der Waals surface area contributed by atoms with Crippen molar-refractivity contribution < 1.29 is 23.6 Å². The summed E-state index contributed by atoms with van der Waals surface area (Å²) in [5.41, 5.74) is 1.90. The van der Waals surface area contributed by atoms with E-state index >= 15 is 0 Å². The highest BCUT2D eigenvalue weighted by Gasteiger charge is 2.60. The van der Waals surface area contributed by atoms with E-state index in [1.807, 2.05) is 61.5 Å². The van der Waals surface area contributed by atoms with Crippen molar-refractivity contribution in [2.24, 2.45) is 5.92 Å². The third-order valence-corrected chi connectivity index (χ3v) is 5.74. The van der Waals surface area contributed by atoms with Crippen LogP contribution in [0.4, 0.5) is 15.8 Å². The molecule has 0 N–H and O–H groups in total. The van der Waals surface area contributed by atoms with Gasteiger partial charge in [0.25, 0.3) is 5.91 Å². The van der Waals surface area contributed by atoms with Crippen molar-refractivity contribution >= 4 is 23.2 Å². The highest BCUT2D eigenvalue weighted by atomic mass is 19.1. The molecule has 3 aromatic rings. The molecule has 0 bridgehead atoms. The van der Waals surface area contributed by atoms with E-state index < -0.39 is 29.8 Å². The van der Waals surface area contributed by atoms with E-state index in [4.69, 9.17) is 9.57 Å². The number of carbonyl (C=O) groups is 2. The number of hydrogen-bond donors (Lipinski definition) is 0. The first kappa shape index (κ1) is 20.2. The highest BCUT2D eigenvalue weighted by Crippen LogP contribution is 2.47. The summed E-state index contributed by atoms with van der Waals surface area (Å²) in [5.74, 6) is -1.29. The van der Waals surface area contributed by atoms with E-state index in [2.05, 4.69) is 0 Å². The van der Waals surface area contributed by atoms with Gasteiger partial charge in [-0.15, -0.1) is 0 Å². The molecule has 2 heterocycles. The Kier molecular flexibility index (Phi) is 5.11. The van der Waals surface area contributed by atoms with Crippen LogP contribution in [-0.2, 0) is 14.4 Å². The molecule has 3 atom stereocenters. The summed E-state index contributed by atoms with van der Waals surface area (Å²) in [6.07, 6.45) is -0.968. The van der Waals surface area contributed by atoms with Crippen LogP contribution in [0, 0.1) is 11.7 Å². The van der Waals surface area contributed by atoms with Gasteiger partial charge in [0.2, 0.25) is 5.91 Å². The third kappa shape index (κ3) is 3.31. The molecule has 5 rings (SSSR count). The maximum Gasteiger partial charge on any atom is 0.266 e. The summed E-state index contributed by atoms with van der Waals surface area (Å²) >= 11 is 0. The molecule has 3 aromatic carbocycles. The van der Waals surface area contributed by atoms with Crippen molar-refractivity contribution in [3.8, 4) is 5.75 Å². The molecule has 0 unspecified atom stereocenters. The lowest BCUT2D eigenvalue weighted by Gasteiger charge is -2.28. The fraction of sp³-hybridized carbons (Fsp3) is 0.200. The van der Waals surface area contributed by atoms with Gasteiger partial charge in [0.1, 0.15) is 17.5 Å². The van der Waals surface area contributed by atoms with Crippen LogP contribution in [0.5, 0.6) is 5.75 Å². The third-order valence-electron chi connectivity index (χ3n) is 5.74. The molecule has 0 aromatic heterocycles. The number of ether oxygens (including phenoxy) is 1. The molecule has 2 aliphatic rings. The molecule has 6 nitrogen and oxygen atoms in total. The lowest BCUT2D eigenvalue weighted by molar-refractivity contribution is -0.126. The average molecular weight is 432 g/mol. The summed E-state index contributed by atoms with van der Waals surface area (Å²) in [7, 11) is 0. The Balaban J connectivity index is 1.55. The number of halogens is 1. The number of hydroxylamine groups is 1. The molecule has 162 valence electrons. The lowest BCUT2D eigenvalue weighted by atomic mass is 9.90.